The van der Waals surface area contributed by atoms with Gasteiger partial charge in [-0.2, -0.15) is 0 Å². The Bertz CT molecular complexity index is 634. The van der Waals surface area contributed by atoms with Gasteiger partial charge in [0, 0.05) is 17.2 Å². The van der Waals surface area contributed by atoms with E-state index in [1.165, 1.54) is 12.8 Å². The summed E-state index contributed by atoms with van der Waals surface area (Å²) in [7, 11) is 3.19. The summed E-state index contributed by atoms with van der Waals surface area (Å²) in [5.41, 5.74) is 1.90. The van der Waals surface area contributed by atoms with E-state index in [4.69, 9.17) is 25.5 Å². The van der Waals surface area contributed by atoms with Crippen molar-refractivity contribution in [3.63, 3.8) is 0 Å². The van der Waals surface area contributed by atoms with E-state index in [9.17, 15) is 0 Å². The zero-order chi connectivity index (χ0) is 14.8. The number of halogens is 1. The highest BCUT2D eigenvalue weighted by atomic mass is 35.5. The molecule has 0 atom stereocenters. The van der Waals surface area contributed by atoms with E-state index in [0.717, 1.165) is 16.9 Å². The summed E-state index contributed by atoms with van der Waals surface area (Å²) in [5, 5.41) is 3.92. The summed E-state index contributed by atoms with van der Waals surface area (Å²) in [4.78, 5) is 0. The molecule has 0 bridgehead atoms. The molecule has 4 nitrogen and oxygen atoms in total. The van der Waals surface area contributed by atoms with Crippen molar-refractivity contribution in [2.75, 3.05) is 14.2 Å². The minimum atomic E-state index is 0.472. The second kappa shape index (κ2) is 6.00. The number of hydrogen-bond donors (Lipinski definition) is 1. The largest absolute Gasteiger partial charge is 0.495 e. The van der Waals surface area contributed by atoms with Crippen LogP contribution in [0.1, 0.15) is 18.6 Å². The summed E-state index contributed by atoms with van der Waals surface area (Å²) >= 11 is 6.32. The molecule has 112 valence electrons. The van der Waals surface area contributed by atoms with Crippen LogP contribution in [0.15, 0.2) is 28.9 Å². The van der Waals surface area contributed by atoms with Crippen LogP contribution in [0.25, 0.3) is 11.1 Å². The van der Waals surface area contributed by atoms with Crippen molar-refractivity contribution < 1.29 is 13.9 Å². The van der Waals surface area contributed by atoms with Gasteiger partial charge in [-0.25, -0.2) is 0 Å². The Morgan fingerprint density at radius 1 is 1.19 bits per heavy atom. The lowest BCUT2D eigenvalue weighted by Gasteiger charge is -2.13. The minimum Gasteiger partial charge on any atom is -0.495 e. The number of methoxy groups -OCH3 is 2. The molecule has 0 radical (unpaired) electrons. The molecule has 5 heteroatoms. The van der Waals surface area contributed by atoms with Crippen molar-refractivity contribution in [3.8, 4) is 22.6 Å². The van der Waals surface area contributed by atoms with Gasteiger partial charge in [0.1, 0.15) is 22.3 Å². The van der Waals surface area contributed by atoms with E-state index in [1.807, 2.05) is 18.2 Å². The Labute approximate surface area is 129 Å². The Hall–Kier alpha value is -1.65. The summed E-state index contributed by atoms with van der Waals surface area (Å²) < 4.78 is 16.3. The van der Waals surface area contributed by atoms with Gasteiger partial charge in [-0.1, -0.05) is 11.6 Å². The van der Waals surface area contributed by atoms with Crippen LogP contribution in [0.4, 0.5) is 0 Å². The summed E-state index contributed by atoms with van der Waals surface area (Å²) in [6.45, 7) is 0.708. The van der Waals surface area contributed by atoms with Gasteiger partial charge in [-0.15, -0.1) is 0 Å². The van der Waals surface area contributed by atoms with Crippen LogP contribution in [-0.2, 0) is 6.54 Å². The Morgan fingerprint density at radius 2 is 2.00 bits per heavy atom. The van der Waals surface area contributed by atoms with E-state index in [-0.39, 0.29) is 0 Å². The molecule has 0 aliphatic heterocycles. The van der Waals surface area contributed by atoms with Gasteiger partial charge < -0.3 is 19.2 Å². The van der Waals surface area contributed by atoms with Crippen LogP contribution < -0.4 is 14.8 Å². The molecular formula is C16H18ClNO3. The van der Waals surface area contributed by atoms with Gasteiger partial charge in [0.05, 0.1) is 27.0 Å². The normalized spacial score (nSPS) is 14.2. The summed E-state index contributed by atoms with van der Waals surface area (Å²) in [6.07, 6.45) is 4.18. The van der Waals surface area contributed by atoms with Gasteiger partial charge in [-0.3, -0.25) is 0 Å². The molecule has 1 aromatic heterocycles. The molecule has 0 saturated heterocycles. The highest BCUT2D eigenvalue weighted by Gasteiger charge is 2.23. The average molecular weight is 308 g/mol. The highest BCUT2D eigenvalue weighted by molar-refractivity contribution is 6.34. The summed E-state index contributed by atoms with van der Waals surface area (Å²) in [6, 6.07) is 6.34. The second-order valence-corrected chi connectivity index (χ2v) is 5.45. The SMILES string of the molecule is COc1ccc(-c2ccoc2CNC2CC2)c(OC)c1Cl. The third kappa shape index (κ3) is 2.87. The molecule has 3 rings (SSSR count). The van der Waals surface area contributed by atoms with E-state index in [0.29, 0.717) is 29.1 Å². The molecule has 1 aromatic carbocycles. The third-order valence-electron chi connectivity index (χ3n) is 3.65. The lowest BCUT2D eigenvalue weighted by atomic mass is 10.0. The maximum absolute atomic E-state index is 6.32. The van der Waals surface area contributed by atoms with Crippen LogP contribution in [0.3, 0.4) is 0 Å². The molecule has 1 heterocycles. The van der Waals surface area contributed by atoms with Gasteiger partial charge in [-0.05, 0) is 31.0 Å². The zero-order valence-corrected chi connectivity index (χ0v) is 12.9. The van der Waals surface area contributed by atoms with Crippen LogP contribution in [0.2, 0.25) is 5.02 Å². The standard InChI is InChI=1S/C16H18ClNO3/c1-19-13-6-5-12(16(20-2)15(13)17)11-7-8-21-14(11)9-18-10-3-4-10/h5-8,10,18H,3-4,9H2,1-2H3. The number of hydrogen-bond acceptors (Lipinski definition) is 4. The van der Waals surface area contributed by atoms with Gasteiger partial charge in [0.15, 0.2) is 0 Å². The van der Waals surface area contributed by atoms with E-state index in [2.05, 4.69) is 5.32 Å². The second-order valence-electron chi connectivity index (χ2n) is 5.08. The first-order valence-corrected chi connectivity index (χ1v) is 7.33. The minimum absolute atomic E-state index is 0.472. The molecule has 0 unspecified atom stereocenters. The molecular weight excluding hydrogens is 290 g/mol. The molecule has 1 N–H and O–H groups in total. The maximum Gasteiger partial charge on any atom is 0.149 e. The quantitative estimate of drug-likeness (QED) is 0.880. The van der Waals surface area contributed by atoms with Crippen molar-refractivity contribution in [1.29, 1.82) is 0 Å². The van der Waals surface area contributed by atoms with Crippen molar-refractivity contribution in [2.24, 2.45) is 0 Å². The smallest absolute Gasteiger partial charge is 0.149 e. The molecule has 1 aliphatic carbocycles. The first-order valence-electron chi connectivity index (χ1n) is 6.95. The first kappa shape index (κ1) is 14.3. The van der Waals surface area contributed by atoms with Crippen LogP contribution in [0.5, 0.6) is 11.5 Å². The number of rotatable bonds is 6. The zero-order valence-electron chi connectivity index (χ0n) is 12.1. The maximum atomic E-state index is 6.32. The fourth-order valence-corrected chi connectivity index (χ4v) is 2.67. The van der Waals surface area contributed by atoms with Crippen molar-refractivity contribution in [2.45, 2.75) is 25.4 Å². The van der Waals surface area contributed by atoms with E-state index < -0.39 is 0 Å². The topological polar surface area (TPSA) is 43.6 Å². The fourth-order valence-electron chi connectivity index (χ4n) is 2.35. The lowest BCUT2D eigenvalue weighted by molar-refractivity contribution is 0.395. The predicted molar refractivity (Wildman–Crippen MR) is 82.1 cm³/mol. The highest BCUT2D eigenvalue weighted by Crippen LogP contribution is 2.43. The lowest BCUT2D eigenvalue weighted by Crippen LogP contribution is -2.15. The molecule has 1 fully saturated rings. The molecule has 1 saturated carbocycles. The van der Waals surface area contributed by atoms with Crippen LogP contribution in [-0.4, -0.2) is 20.3 Å². The van der Waals surface area contributed by atoms with Gasteiger partial charge in [0.2, 0.25) is 0 Å². The molecule has 1 aliphatic rings. The van der Waals surface area contributed by atoms with Gasteiger partial charge >= 0.3 is 0 Å². The number of furan rings is 1. The Balaban J connectivity index is 1.95. The Kier molecular flexibility index (Phi) is 4.08. The third-order valence-corrected chi connectivity index (χ3v) is 4.01. The number of benzene rings is 1. The van der Waals surface area contributed by atoms with Crippen molar-refractivity contribution in [3.05, 3.63) is 35.2 Å². The van der Waals surface area contributed by atoms with E-state index in [1.54, 1.807) is 20.5 Å². The van der Waals surface area contributed by atoms with Crippen LogP contribution >= 0.6 is 11.6 Å². The molecule has 2 aromatic rings. The summed E-state index contributed by atoms with van der Waals surface area (Å²) in [5.74, 6) is 2.09. The molecule has 0 spiro atoms. The Morgan fingerprint density at radius 3 is 2.67 bits per heavy atom. The van der Waals surface area contributed by atoms with Crippen molar-refractivity contribution >= 4 is 11.6 Å². The predicted octanol–water partition coefficient (Wildman–Crippen LogP) is 3.87. The van der Waals surface area contributed by atoms with Gasteiger partial charge in [0.25, 0.3) is 0 Å². The molecule has 0 amide bonds. The van der Waals surface area contributed by atoms with E-state index >= 15 is 0 Å². The first-order chi connectivity index (χ1) is 10.2. The van der Waals surface area contributed by atoms with Crippen molar-refractivity contribution in [1.82, 2.24) is 5.32 Å². The van der Waals surface area contributed by atoms with Crippen LogP contribution in [0, 0.1) is 0 Å². The molecule has 21 heavy (non-hydrogen) atoms. The number of ether oxygens (including phenoxy) is 2. The number of nitrogens with one attached hydrogen (secondary N) is 1. The average Bonchev–Trinajstić information content (AvgIpc) is 3.21. The fraction of sp³-hybridized carbons (Fsp3) is 0.375. The monoisotopic (exact) mass is 307 g/mol.